The van der Waals surface area contributed by atoms with Crippen molar-refractivity contribution >= 4 is 22.5 Å². The molecule has 1 aliphatic rings. The molecular formula is C28H31NO3. The van der Waals surface area contributed by atoms with Crippen molar-refractivity contribution in [3.05, 3.63) is 77.9 Å². The molecule has 0 aliphatic heterocycles. The van der Waals surface area contributed by atoms with Gasteiger partial charge < -0.3 is 10.5 Å². The van der Waals surface area contributed by atoms with Gasteiger partial charge in [-0.3, -0.25) is 9.59 Å². The Hall–Kier alpha value is -2.98. The van der Waals surface area contributed by atoms with Gasteiger partial charge in [-0.1, -0.05) is 73.9 Å². The summed E-state index contributed by atoms with van der Waals surface area (Å²) in [6, 6.07) is 21.5. The van der Waals surface area contributed by atoms with Crippen molar-refractivity contribution in [2.75, 3.05) is 6.54 Å². The molecule has 0 saturated heterocycles. The Labute approximate surface area is 189 Å². The van der Waals surface area contributed by atoms with Crippen molar-refractivity contribution in [3.8, 4) is 5.75 Å². The summed E-state index contributed by atoms with van der Waals surface area (Å²) in [7, 11) is 0. The predicted molar refractivity (Wildman–Crippen MR) is 128 cm³/mol. The molecule has 0 aromatic heterocycles. The van der Waals surface area contributed by atoms with Crippen molar-refractivity contribution in [1.29, 1.82) is 0 Å². The molecule has 4 heteroatoms. The van der Waals surface area contributed by atoms with E-state index in [2.05, 4.69) is 18.2 Å². The van der Waals surface area contributed by atoms with E-state index in [-0.39, 0.29) is 24.2 Å². The first kappa shape index (κ1) is 22.2. The maximum absolute atomic E-state index is 13.0. The summed E-state index contributed by atoms with van der Waals surface area (Å²) >= 11 is 0. The number of rotatable bonds is 8. The summed E-state index contributed by atoms with van der Waals surface area (Å²) in [5.41, 5.74) is 7.81. The maximum atomic E-state index is 13.0. The number of hydrogen-bond acceptors (Lipinski definition) is 4. The van der Waals surface area contributed by atoms with Crippen molar-refractivity contribution in [2.24, 2.45) is 11.7 Å². The molecule has 0 heterocycles. The van der Waals surface area contributed by atoms with Crippen LogP contribution in [0.4, 0.5) is 0 Å². The molecule has 32 heavy (non-hydrogen) atoms. The quantitative estimate of drug-likeness (QED) is 0.375. The third-order valence-electron chi connectivity index (χ3n) is 6.51. The summed E-state index contributed by atoms with van der Waals surface area (Å²) in [6.45, 7) is 0.243. The Balaban J connectivity index is 1.37. The normalized spacial score (nSPS) is 15.4. The van der Waals surface area contributed by atoms with Crippen molar-refractivity contribution in [3.63, 3.8) is 0 Å². The fraction of sp³-hybridized carbons (Fsp3) is 0.357. The van der Waals surface area contributed by atoms with E-state index in [1.165, 1.54) is 19.3 Å². The van der Waals surface area contributed by atoms with Gasteiger partial charge in [0.15, 0.2) is 0 Å². The highest BCUT2D eigenvalue weighted by atomic mass is 16.5. The topological polar surface area (TPSA) is 69.4 Å². The smallest absolute Gasteiger partial charge is 0.311 e. The van der Waals surface area contributed by atoms with Crippen molar-refractivity contribution < 1.29 is 14.3 Å². The zero-order valence-electron chi connectivity index (χ0n) is 18.5. The predicted octanol–water partition coefficient (Wildman–Crippen LogP) is 5.57. The highest BCUT2D eigenvalue weighted by Crippen LogP contribution is 2.27. The second kappa shape index (κ2) is 10.6. The molecule has 0 spiro atoms. The largest absolute Gasteiger partial charge is 0.427 e. The van der Waals surface area contributed by atoms with E-state index in [0.29, 0.717) is 24.5 Å². The number of nitrogens with two attached hydrogens (primary N) is 1. The second-order valence-electron chi connectivity index (χ2n) is 8.86. The number of esters is 1. The summed E-state index contributed by atoms with van der Waals surface area (Å²) < 4.78 is 5.53. The molecule has 0 amide bonds. The molecule has 3 aromatic carbocycles. The molecule has 0 radical (unpaired) electrons. The van der Waals surface area contributed by atoms with E-state index in [0.717, 1.165) is 34.7 Å². The van der Waals surface area contributed by atoms with Crippen LogP contribution in [0.15, 0.2) is 66.7 Å². The van der Waals surface area contributed by atoms with Gasteiger partial charge in [0.05, 0.1) is 5.92 Å². The van der Waals surface area contributed by atoms with E-state index in [9.17, 15) is 9.59 Å². The van der Waals surface area contributed by atoms with Crippen molar-refractivity contribution in [1.82, 2.24) is 0 Å². The van der Waals surface area contributed by atoms with Gasteiger partial charge in [-0.25, -0.2) is 0 Å². The van der Waals surface area contributed by atoms with E-state index < -0.39 is 0 Å². The molecule has 1 unspecified atom stereocenters. The van der Waals surface area contributed by atoms with Crippen molar-refractivity contribution in [2.45, 2.75) is 50.9 Å². The van der Waals surface area contributed by atoms with Crippen LogP contribution in [0.3, 0.4) is 0 Å². The minimum absolute atomic E-state index is 0.0878. The van der Waals surface area contributed by atoms with Crippen LogP contribution >= 0.6 is 0 Å². The minimum Gasteiger partial charge on any atom is -0.427 e. The Morgan fingerprint density at radius 2 is 1.62 bits per heavy atom. The average Bonchev–Trinajstić information content (AvgIpc) is 2.81. The SMILES string of the molecule is NCC(C(=O)Cc1ccc2ccccc2c1)c1ccc(OC(=O)CC2CCCCC2)cc1. The molecule has 1 aliphatic carbocycles. The van der Waals surface area contributed by atoms with Crippen LogP contribution < -0.4 is 10.5 Å². The molecule has 3 aromatic rings. The van der Waals surface area contributed by atoms with Crippen LogP contribution in [0.2, 0.25) is 0 Å². The van der Waals surface area contributed by atoms with E-state index in [1.807, 2.05) is 36.4 Å². The van der Waals surface area contributed by atoms with E-state index in [1.54, 1.807) is 12.1 Å². The number of benzene rings is 3. The minimum atomic E-state index is -0.381. The maximum Gasteiger partial charge on any atom is 0.311 e. The third-order valence-corrected chi connectivity index (χ3v) is 6.51. The first-order chi connectivity index (χ1) is 15.6. The molecule has 2 N–H and O–H groups in total. The highest BCUT2D eigenvalue weighted by Gasteiger charge is 2.21. The molecule has 1 saturated carbocycles. The number of carbonyl (C=O) groups excluding carboxylic acids is 2. The molecule has 166 valence electrons. The van der Waals surface area contributed by atoms with Gasteiger partial charge in [0, 0.05) is 19.4 Å². The lowest BCUT2D eigenvalue weighted by atomic mass is 9.87. The zero-order chi connectivity index (χ0) is 22.3. The summed E-state index contributed by atoms with van der Waals surface area (Å²) in [5, 5.41) is 2.29. The van der Waals surface area contributed by atoms with Crippen LogP contribution in [0, 0.1) is 5.92 Å². The van der Waals surface area contributed by atoms with Gasteiger partial charge in [0.2, 0.25) is 0 Å². The number of hydrogen-bond donors (Lipinski definition) is 1. The number of ketones is 1. The Bertz CT molecular complexity index is 1070. The lowest BCUT2D eigenvalue weighted by Gasteiger charge is -2.20. The number of fused-ring (bicyclic) bond motifs is 1. The number of ether oxygens (including phenoxy) is 1. The lowest BCUT2D eigenvalue weighted by molar-refractivity contribution is -0.135. The Morgan fingerprint density at radius 3 is 2.34 bits per heavy atom. The van der Waals surface area contributed by atoms with Crippen LogP contribution in [-0.4, -0.2) is 18.3 Å². The number of Topliss-reactive ketones (excluding diaryl/α,β-unsaturated/α-hetero) is 1. The van der Waals surface area contributed by atoms with Crippen LogP contribution in [0.25, 0.3) is 10.8 Å². The van der Waals surface area contributed by atoms with E-state index >= 15 is 0 Å². The van der Waals surface area contributed by atoms with Gasteiger partial charge in [0.25, 0.3) is 0 Å². The standard InChI is InChI=1S/C28H31NO3/c29-19-26(27(30)17-21-10-11-22-8-4-5-9-24(22)16-21)23-12-14-25(15-13-23)32-28(31)18-20-6-2-1-3-7-20/h4-5,8-16,20,26H,1-3,6-7,17-19,29H2. The van der Waals surface area contributed by atoms with E-state index in [4.69, 9.17) is 10.5 Å². The fourth-order valence-corrected chi connectivity index (χ4v) is 4.69. The zero-order valence-corrected chi connectivity index (χ0v) is 18.5. The first-order valence-electron chi connectivity index (χ1n) is 11.6. The van der Waals surface area contributed by atoms with Crippen LogP contribution in [0.5, 0.6) is 5.75 Å². The molecule has 4 nitrogen and oxygen atoms in total. The summed E-state index contributed by atoms with van der Waals surface area (Å²) in [6.07, 6.45) is 6.74. The summed E-state index contributed by atoms with van der Waals surface area (Å²) in [4.78, 5) is 25.3. The molecule has 0 bridgehead atoms. The van der Waals surface area contributed by atoms with Gasteiger partial charge >= 0.3 is 5.97 Å². The fourth-order valence-electron chi connectivity index (χ4n) is 4.69. The first-order valence-corrected chi connectivity index (χ1v) is 11.6. The van der Waals surface area contributed by atoms with Gasteiger partial charge in [-0.15, -0.1) is 0 Å². The second-order valence-corrected chi connectivity index (χ2v) is 8.86. The highest BCUT2D eigenvalue weighted by molar-refractivity contribution is 5.90. The lowest BCUT2D eigenvalue weighted by Crippen LogP contribution is -2.23. The number of carbonyl (C=O) groups is 2. The average molecular weight is 430 g/mol. The molecular weight excluding hydrogens is 398 g/mol. The molecule has 1 fully saturated rings. The van der Waals surface area contributed by atoms with Gasteiger partial charge in [0.1, 0.15) is 11.5 Å². The Morgan fingerprint density at radius 1 is 0.906 bits per heavy atom. The van der Waals surface area contributed by atoms with Gasteiger partial charge in [-0.05, 0) is 52.8 Å². The Kier molecular flexibility index (Phi) is 7.33. The van der Waals surface area contributed by atoms with Crippen LogP contribution in [0.1, 0.15) is 55.6 Å². The molecule has 4 rings (SSSR count). The third kappa shape index (κ3) is 5.63. The van der Waals surface area contributed by atoms with Gasteiger partial charge in [-0.2, -0.15) is 0 Å². The summed E-state index contributed by atoms with van der Waals surface area (Å²) in [5.74, 6) is 0.503. The molecule has 1 atom stereocenters. The van der Waals surface area contributed by atoms with Crippen LogP contribution in [-0.2, 0) is 16.0 Å². The monoisotopic (exact) mass is 429 g/mol.